The van der Waals surface area contributed by atoms with Crippen LogP contribution in [0.3, 0.4) is 0 Å². The van der Waals surface area contributed by atoms with Crippen molar-refractivity contribution in [2.24, 2.45) is 5.92 Å². The van der Waals surface area contributed by atoms with Crippen molar-refractivity contribution in [3.8, 4) is 23.0 Å². The van der Waals surface area contributed by atoms with Gasteiger partial charge in [-0.1, -0.05) is 63.9 Å². The second-order valence-electron chi connectivity index (χ2n) is 11.6. The number of methoxy groups -OCH3 is 1. The van der Waals surface area contributed by atoms with Crippen molar-refractivity contribution >= 4 is 17.6 Å². The Balaban J connectivity index is 1.48. The molecule has 3 aromatic carbocycles. The number of carbonyl (C=O) groups is 2. The van der Waals surface area contributed by atoms with Crippen LogP contribution in [0.1, 0.15) is 74.2 Å². The molecule has 0 spiro atoms. The highest BCUT2D eigenvalue weighted by Gasteiger charge is 2.48. The zero-order chi connectivity index (χ0) is 31.9. The third kappa shape index (κ3) is 7.04. The van der Waals surface area contributed by atoms with Crippen molar-refractivity contribution in [1.82, 2.24) is 4.90 Å². The standard InChI is InChI=1S/C36H44N2O7/c1-5-8-9-17-43-27-15-13-25(14-16-27)34-32(36(40)41)28(26-18-29(42-4)35-30(19-26)44-22-45-35)20-38(34)21-31(39)37-33-23(6-2)11-10-12-24(33)7-3/h10-16,18-19,28,32,34H,5-9,17,20-22H2,1-4H3,(H,37,39)(H,40,41)/t28-,32?,34+/m1/s1. The Bertz CT molecular complexity index is 1470. The van der Waals surface area contributed by atoms with Gasteiger partial charge in [0.15, 0.2) is 11.5 Å². The molecule has 1 amide bonds. The number of rotatable bonds is 14. The summed E-state index contributed by atoms with van der Waals surface area (Å²) in [6.45, 7) is 7.38. The van der Waals surface area contributed by atoms with Crippen LogP contribution >= 0.6 is 0 Å². The zero-order valence-electron chi connectivity index (χ0n) is 26.6. The van der Waals surface area contributed by atoms with E-state index >= 15 is 0 Å². The fraction of sp³-hybridized carbons (Fsp3) is 0.444. The van der Waals surface area contributed by atoms with Gasteiger partial charge in [-0.15, -0.1) is 0 Å². The SMILES string of the molecule is CCCCCOc1ccc([C@H]2C(C(=O)O)[C@@H](c3cc(OC)c4c(c3)OCO4)CN2CC(=O)Nc2c(CC)cccc2CC)cc1. The number of benzene rings is 3. The molecule has 1 unspecified atom stereocenters. The molecule has 0 aliphatic carbocycles. The van der Waals surface area contributed by atoms with E-state index in [1.54, 1.807) is 7.11 Å². The average Bonchev–Trinajstić information content (AvgIpc) is 3.68. The Morgan fingerprint density at radius 3 is 2.36 bits per heavy atom. The van der Waals surface area contributed by atoms with E-state index in [2.05, 4.69) is 26.1 Å². The summed E-state index contributed by atoms with van der Waals surface area (Å²) >= 11 is 0. The van der Waals surface area contributed by atoms with Crippen molar-refractivity contribution in [3.05, 3.63) is 76.9 Å². The summed E-state index contributed by atoms with van der Waals surface area (Å²) in [4.78, 5) is 28.8. The maximum atomic E-state index is 13.7. The minimum absolute atomic E-state index is 0.0309. The molecule has 1 saturated heterocycles. The highest BCUT2D eigenvalue weighted by Crippen LogP contribution is 2.50. The molecule has 3 aromatic rings. The first-order chi connectivity index (χ1) is 21.9. The molecule has 2 heterocycles. The molecule has 0 radical (unpaired) electrons. The number of amides is 1. The number of anilines is 1. The number of hydrogen-bond donors (Lipinski definition) is 2. The number of fused-ring (bicyclic) bond motifs is 1. The maximum absolute atomic E-state index is 13.7. The monoisotopic (exact) mass is 616 g/mol. The Morgan fingerprint density at radius 1 is 0.978 bits per heavy atom. The van der Waals surface area contributed by atoms with E-state index in [0.717, 1.165) is 65.8 Å². The Morgan fingerprint density at radius 2 is 1.71 bits per heavy atom. The highest BCUT2D eigenvalue weighted by atomic mass is 16.7. The van der Waals surface area contributed by atoms with Crippen LogP contribution in [-0.4, -0.2) is 55.5 Å². The first-order valence-electron chi connectivity index (χ1n) is 16.0. The van der Waals surface area contributed by atoms with Gasteiger partial charge in [-0.2, -0.15) is 0 Å². The quantitative estimate of drug-likeness (QED) is 0.195. The number of ether oxygens (including phenoxy) is 4. The number of para-hydroxylation sites is 1. The molecule has 45 heavy (non-hydrogen) atoms. The third-order valence-corrected chi connectivity index (χ3v) is 8.84. The van der Waals surface area contributed by atoms with E-state index in [4.69, 9.17) is 18.9 Å². The molecule has 9 heteroatoms. The first-order valence-corrected chi connectivity index (χ1v) is 16.0. The lowest BCUT2D eigenvalue weighted by molar-refractivity contribution is -0.143. The molecule has 3 atom stereocenters. The van der Waals surface area contributed by atoms with Gasteiger partial charge in [0.25, 0.3) is 0 Å². The number of likely N-dealkylation sites (tertiary alicyclic amines) is 1. The molecule has 2 N–H and O–H groups in total. The van der Waals surface area contributed by atoms with Gasteiger partial charge in [0, 0.05) is 24.2 Å². The van der Waals surface area contributed by atoms with Gasteiger partial charge in [-0.25, -0.2) is 0 Å². The maximum Gasteiger partial charge on any atom is 0.309 e. The summed E-state index contributed by atoms with van der Waals surface area (Å²) in [6.07, 6.45) is 4.78. The van der Waals surface area contributed by atoms with Gasteiger partial charge in [0.1, 0.15) is 5.75 Å². The number of carbonyl (C=O) groups excluding carboxylic acids is 1. The molecule has 9 nitrogen and oxygen atoms in total. The van der Waals surface area contributed by atoms with Gasteiger partial charge >= 0.3 is 5.97 Å². The number of aliphatic carboxylic acids is 1. The summed E-state index contributed by atoms with van der Waals surface area (Å²) < 4.78 is 22.8. The van der Waals surface area contributed by atoms with E-state index in [0.29, 0.717) is 30.4 Å². The van der Waals surface area contributed by atoms with Gasteiger partial charge in [0.05, 0.1) is 26.2 Å². The van der Waals surface area contributed by atoms with Gasteiger partial charge in [-0.3, -0.25) is 14.5 Å². The molecule has 0 aromatic heterocycles. The van der Waals surface area contributed by atoms with E-state index in [-0.39, 0.29) is 19.2 Å². The lowest BCUT2D eigenvalue weighted by Crippen LogP contribution is -2.35. The van der Waals surface area contributed by atoms with Gasteiger partial charge < -0.3 is 29.4 Å². The lowest BCUT2D eigenvalue weighted by Gasteiger charge is -2.27. The van der Waals surface area contributed by atoms with Crippen LogP contribution in [0.25, 0.3) is 0 Å². The number of nitrogens with zero attached hydrogens (tertiary/aromatic N) is 1. The number of hydrogen-bond acceptors (Lipinski definition) is 7. The first kappa shape index (κ1) is 32.2. The largest absolute Gasteiger partial charge is 0.494 e. The summed E-state index contributed by atoms with van der Waals surface area (Å²) in [5.41, 5.74) is 4.57. The molecule has 240 valence electrons. The van der Waals surface area contributed by atoms with Crippen molar-refractivity contribution in [2.45, 2.75) is 64.8 Å². The second-order valence-corrected chi connectivity index (χ2v) is 11.6. The van der Waals surface area contributed by atoms with Crippen LogP contribution in [0.2, 0.25) is 0 Å². The Labute approximate surface area is 265 Å². The number of nitrogens with one attached hydrogen (secondary N) is 1. The predicted molar refractivity (Wildman–Crippen MR) is 173 cm³/mol. The highest BCUT2D eigenvalue weighted by molar-refractivity contribution is 5.94. The molecular weight excluding hydrogens is 572 g/mol. The average molecular weight is 617 g/mol. The van der Waals surface area contributed by atoms with E-state index < -0.39 is 23.8 Å². The minimum atomic E-state index is -0.936. The molecule has 1 fully saturated rings. The van der Waals surface area contributed by atoms with Crippen molar-refractivity contribution in [2.75, 3.05) is 38.9 Å². The van der Waals surface area contributed by atoms with Crippen LogP contribution in [0, 0.1) is 5.92 Å². The fourth-order valence-electron chi connectivity index (χ4n) is 6.56. The van der Waals surface area contributed by atoms with Crippen LogP contribution in [0.5, 0.6) is 23.0 Å². The summed E-state index contributed by atoms with van der Waals surface area (Å²) in [7, 11) is 1.55. The van der Waals surface area contributed by atoms with Crippen molar-refractivity contribution in [3.63, 3.8) is 0 Å². The fourth-order valence-corrected chi connectivity index (χ4v) is 6.56. The lowest BCUT2D eigenvalue weighted by atomic mass is 9.82. The number of aryl methyl sites for hydroxylation is 2. The minimum Gasteiger partial charge on any atom is -0.494 e. The van der Waals surface area contributed by atoms with Crippen LogP contribution in [0.4, 0.5) is 5.69 Å². The topological polar surface area (TPSA) is 107 Å². The van der Waals surface area contributed by atoms with Crippen LogP contribution in [-0.2, 0) is 22.4 Å². The van der Waals surface area contributed by atoms with E-state index in [1.807, 2.05) is 59.5 Å². The van der Waals surface area contributed by atoms with E-state index in [1.165, 1.54) is 0 Å². The number of carboxylic acid groups (broad SMARTS) is 1. The molecular formula is C36H44N2O7. The van der Waals surface area contributed by atoms with Crippen LogP contribution < -0.4 is 24.3 Å². The normalized spacial score (nSPS) is 19.0. The van der Waals surface area contributed by atoms with Gasteiger partial charge in [-0.05, 0) is 65.8 Å². The Kier molecular flexibility index (Phi) is 10.5. The zero-order valence-corrected chi connectivity index (χ0v) is 26.6. The molecule has 2 aliphatic rings. The number of carboxylic acids is 1. The summed E-state index contributed by atoms with van der Waals surface area (Å²) in [5.74, 6) is -0.136. The molecule has 2 aliphatic heterocycles. The Hall–Kier alpha value is -4.24. The molecule has 0 saturated carbocycles. The van der Waals surface area contributed by atoms with Crippen LogP contribution in [0.15, 0.2) is 54.6 Å². The van der Waals surface area contributed by atoms with Crippen molar-refractivity contribution in [1.29, 1.82) is 0 Å². The van der Waals surface area contributed by atoms with E-state index in [9.17, 15) is 14.7 Å². The third-order valence-electron chi connectivity index (χ3n) is 8.84. The smallest absolute Gasteiger partial charge is 0.309 e. The van der Waals surface area contributed by atoms with Crippen molar-refractivity contribution < 1.29 is 33.6 Å². The molecule has 5 rings (SSSR count). The second kappa shape index (κ2) is 14.7. The molecule has 0 bridgehead atoms. The summed E-state index contributed by atoms with van der Waals surface area (Å²) in [6, 6.07) is 16.8. The van der Waals surface area contributed by atoms with Gasteiger partial charge in [0.2, 0.25) is 18.4 Å². The summed E-state index contributed by atoms with van der Waals surface area (Å²) in [5, 5.41) is 13.9. The number of unbranched alkanes of at least 4 members (excludes halogenated alkanes) is 2. The predicted octanol–water partition coefficient (Wildman–Crippen LogP) is 6.60.